The summed E-state index contributed by atoms with van der Waals surface area (Å²) in [5.74, 6) is 1.92. The zero-order valence-corrected chi connectivity index (χ0v) is 14.8. The molecule has 1 amide bonds. The monoisotopic (exact) mass is 342 g/mol. The first kappa shape index (κ1) is 18.1. The Morgan fingerprint density at radius 2 is 1.88 bits per heavy atom. The standard InChI is InChI=1S/C19H22N2O2S/c1-3-23-18-10-8-16(9-11-18)12-20-21-19(22)14-24-13-17-6-4-15(2)5-7-17/h4-12H,3,13-14H2,1-2H3,(H,21,22)/b20-12-. The topological polar surface area (TPSA) is 50.7 Å². The van der Waals surface area contributed by atoms with E-state index in [-0.39, 0.29) is 5.91 Å². The molecule has 0 atom stereocenters. The Labute approximate surface area is 147 Å². The van der Waals surface area contributed by atoms with Crippen LogP contribution in [0.4, 0.5) is 0 Å². The van der Waals surface area contributed by atoms with Crippen molar-refractivity contribution < 1.29 is 9.53 Å². The number of aryl methyl sites for hydroxylation is 1. The van der Waals surface area contributed by atoms with Crippen LogP contribution in [0.1, 0.15) is 23.6 Å². The molecule has 2 rings (SSSR count). The van der Waals surface area contributed by atoms with Crippen LogP contribution < -0.4 is 10.2 Å². The first-order valence-electron chi connectivity index (χ1n) is 7.85. The Morgan fingerprint density at radius 3 is 2.54 bits per heavy atom. The Hall–Kier alpha value is -2.27. The van der Waals surface area contributed by atoms with Crippen molar-refractivity contribution in [2.24, 2.45) is 5.10 Å². The molecule has 2 aromatic carbocycles. The number of nitrogens with zero attached hydrogens (tertiary/aromatic N) is 1. The van der Waals surface area contributed by atoms with Crippen molar-refractivity contribution >= 4 is 23.9 Å². The third kappa shape index (κ3) is 6.46. The fourth-order valence-electron chi connectivity index (χ4n) is 1.97. The fraction of sp³-hybridized carbons (Fsp3) is 0.263. The van der Waals surface area contributed by atoms with Crippen LogP contribution >= 0.6 is 11.8 Å². The molecular weight excluding hydrogens is 320 g/mol. The summed E-state index contributed by atoms with van der Waals surface area (Å²) in [7, 11) is 0. The predicted molar refractivity (Wildman–Crippen MR) is 101 cm³/mol. The van der Waals surface area contributed by atoms with E-state index in [0.717, 1.165) is 17.1 Å². The number of carbonyl (C=O) groups is 1. The SMILES string of the molecule is CCOc1ccc(/C=N\NC(=O)CSCc2ccc(C)cc2)cc1. The van der Waals surface area contributed by atoms with Gasteiger partial charge in [-0.15, -0.1) is 11.8 Å². The number of hydrazone groups is 1. The van der Waals surface area contributed by atoms with Gasteiger partial charge >= 0.3 is 0 Å². The zero-order chi connectivity index (χ0) is 17.2. The van der Waals surface area contributed by atoms with Gasteiger partial charge in [0.05, 0.1) is 18.6 Å². The van der Waals surface area contributed by atoms with Crippen molar-refractivity contribution in [3.8, 4) is 5.75 Å². The molecule has 0 heterocycles. The maximum absolute atomic E-state index is 11.8. The van der Waals surface area contributed by atoms with Crippen LogP contribution in [0.25, 0.3) is 0 Å². The van der Waals surface area contributed by atoms with E-state index < -0.39 is 0 Å². The lowest BCUT2D eigenvalue weighted by atomic mass is 10.2. The van der Waals surface area contributed by atoms with Crippen molar-refractivity contribution in [3.05, 3.63) is 65.2 Å². The lowest BCUT2D eigenvalue weighted by Gasteiger charge is -2.03. The van der Waals surface area contributed by atoms with Gasteiger partial charge in [0.1, 0.15) is 5.75 Å². The van der Waals surface area contributed by atoms with Gasteiger partial charge in [-0.1, -0.05) is 29.8 Å². The fourth-order valence-corrected chi connectivity index (χ4v) is 2.75. The second-order valence-electron chi connectivity index (χ2n) is 5.27. The molecule has 0 bridgehead atoms. The van der Waals surface area contributed by atoms with Gasteiger partial charge in [-0.3, -0.25) is 4.79 Å². The van der Waals surface area contributed by atoms with Crippen molar-refractivity contribution in [2.75, 3.05) is 12.4 Å². The number of thioether (sulfide) groups is 1. The van der Waals surface area contributed by atoms with E-state index in [1.807, 2.05) is 31.2 Å². The van der Waals surface area contributed by atoms with Gasteiger partial charge in [0.15, 0.2) is 0 Å². The van der Waals surface area contributed by atoms with Gasteiger partial charge in [-0.05, 0) is 49.2 Å². The van der Waals surface area contributed by atoms with Crippen LogP contribution in [0.2, 0.25) is 0 Å². The van der Waals surface area contributed by atoms with E-state index in [4.69, 9.17) is 4.74 Å². The van der Waals surface area contributed by atoms with E-state index in [2.05, 4.69) is 41.7 Å². The summed E-state index contributed by atoms with van der Waals surface area (Å²) in [6.45, 7) is 4.65. The summed E-state index contributed by atoms with van der Waals surface area (Å²) in [6.07, 6.45) is 1.62. The molecule has 0 saturated heterocycles. The highest BCUT2D eigenvalue weighted by Crippen LogP contribution is 2.13. The smallest absolute Gasteiger partial charge is 0.250 e. The third-order valence-electron chi connectivity index (χ3n) is 3.22. The molecule has 0 aliphatic rings. The molecule has 126 valence electrons. The van der Waals surface area contributed by atoms with E-state index >= 15 is 0 Å². The first-order valence-corrected chi connectivity index (χ1v) is 9.01. The minimum absolute atomic E-state index is 0.103. The van der Waals surface area contributed by atoms with E-state index in [9.17, 15) is 4.79 Å². The van der Waals surface area contributed by atoms with Crippen LogP contribution in [0.15, 0.2) is 53.6 Å². The number of rotatable bonds is 8. The Bertz CT molecular complexity index is 667. The molecule has 0 aromatic heterocycles. The first-order chi connectivity index (χ1) is 11.7. The van der Waals surface area contributed by atoms with Crippen molar-refractivity contribution in [2.45, 2.75) is 19.6 Å². The summed E-state index contributed by atoms with van der Waals surface area (Å²) in [6, 6.07) is 15.9. The quantitative estimate of drug-likeness (QED) is 0.587. The number of nitrogens with one attached hydrogen (secondary N) is 1. The minimum atomic E-state index is -0.103. The largest absolute Gasteiger partial charge is 0.494 e. The highest BCUT2D eigenvalue weighted by atomic mass is 32.2. The van der Waals surface area contributed by atoms with Crippen LogP contribution in [0, 0.1) is 6.92 Å². The van der Waals surface area contributed by atoms with Gasteiger partial charge < -0.3 is 4.74 Å². The van der Waals surface area contributed by atoms with Crippen molar-refractivity contribution in [1.82, 2.24) is 5.43 Å². The summed E-state index contributed by atoms with van der Waals surface area (Å²) in [4.78, 5) is 11.8. The Kier molecular flexibility index (Phi) is 7.36. The van der Waals surface area contributed by atoms with E-state index in [1.165, 1.54) is 11.1 Å². The summed E-state index contributed by atoms with van der Waals surface area (Å²) >= 11 is 1.57. The van der Waals surface area contributed by atoms with Crippen molar-refractivity contribution in [3.63, 3.8) is 0 Å². The number of hydrogen-bond acceptors (Lipinski definition) is 4. The molecule has 1 N–H and O–H groups in total. The molecule has 0 spiro atoms. The highest BCUT2D eigenvalue weighted by molar-refractivity contribution is 7.99. The molecule has 0 unspecified atom stereocenters. The van der Waals surface area contributed by atoms with Crippen LogP contribution in [0.3, 0.4) is 0 Å². The summed E-state index contributed by atoms with van der Waals surface area (Å²) < 4.78 is 5.37. The zero-order valence-electron chi connectivity index (χ0n) is 14.0. The molecule has 0 aliphatic carbocycles. The summed E-state index contributed by atoms with van der Waals surface area (Å²) in [5, 5.41) is 3.98. The Balaban J connectivity index is 1.69. The average molecular weight is 342 g/mol. The number of hydrogen-bond donors (Lipinski definition) is 1. The summed E-state index contributed by atoms with van der Waals surface area (Å²) in [5.41, 5.74) is 5.91. The van der Waals surface area contributed by atoms with Crippen molar-refractivity contribution in [1.29, 1.82) is 0 Å². The number of benzene rings is 2. The number of carbonyl (C=O) groups excluding carboxylic acids is 1. The van der Waals surface area contributed by atoms with Gasteiger partial charge in [0.2, 0.25) is 5.91 Å². The van der Waals surface area contributed by atoms with E-state index in [1.54, 1.807) is 18.0 Å². The molecule has 0 radical (unpaired) electrons. The minimum Gasteiger partial charge on any atom is -0.494 e. The Morgan fingerprint density at radius 1 is 1.17 bits per heavy atom. The maximum Gasteiger partial charge on any atom is 0.250 e. The van der Waals surface area contributed by atoms with Crippen LogP contribution in [0.5, 0.6) is 5.75 Å². The number of amides is 1. The van der Waals surface area contributed by atoms with Gasteiger partial charge in [0.25, 0.3) is 0 Å². The molecular formula is C19H22N2O2S. The molecule has 24 heavy (non-hydrogen) atoms. The maximum atomic E-state index is 11.8. The predicted octanol–water partition coefficient (Wildman–Crippen LogP) is 3.78. The molecule has 4 nitrogen and oxygen atoms in total. The van der Waals surface area contributed by atoms with Gasteiger partial charge in [0, 0.05) is 5.75 Å². The normalized spacial score (nSPS) is 10.8. The lowest BCUT2D eigenvalue weighted by Crippen LogP contribution is -2.19. The number of ether oxygens (including phenoxy) is 1. The highest BCUT2D eigenvalue weighted by Gasteiger charge is 2.00. The second-order valence-corrected chi connectivity index (χ2v) is 6.26. The molecule has 0 aliphatic heterocycles. The average Bonchev–Trinajstić information content (AvgIpc) is 2.58. The molecule has 0 fully saturated rings. The molecule has 0 saturated carbocycles. The molecule has 2 aromatic rings. The lowest BCUT2D eigenvalue weighted by molar-refractivity contribution is -0.118. The van der Waals surface area contributed by atoms with Gasteiger partial charge in [-0.25, -0.2) is 5.43 Å². The third-order valence-corrected chi connectivity index (χ3v) is 4.22. The van der Waals surface area contributed by atoms with Crippen LogP contribution in [-0.2, 0) is 10.5 Å². The second kappa shape index (κ2) is 9.78. The van der Waals surface area contributed by atoms with Crippen LogP contribution in [-0.4, -0.2) is 24.5 Å². The molecule has 5 heteroatoms. The van der Waals surface area contributed by atoms with Gasteiger partial charge in [-0.2, -0.15) is 5.10 Å². The van der Waals surface area contributed by atoms with E-state index in [0.29, 0.717) is 12.4 Å².